The molecule has 0 heterocycles. The van der Waals surface area contributed by atoms with Crippen LogP contribution in [0, 0.1) is 71.0 Å². The van der Waals surface area contributed by atoms with Gasteiger partial charge in [0.2, 0.25) is 0 Å². The highest BCUT2D eigenvalue weighted by Gasteiger charge is 2.57. The van der Waals surface area contributed by atoms with Crippen molar-refractivity contribution in [3.05, 3.63) is 0 Å². The fourth-order valence-electron chi connectivity index (χ4n) is 9.82. The van der Waals surface area contributed by atoms with Crippen molar-refractivity contribution in [1.29, 1.82) is 0 Å². The average molecular weight is 375 g/mol. The van der Waals surface area contributed by atoms with E-state index in [1.54, 1.807) is 0 Å². The minimum absolute atomic E-state index is 0.412. The Bertz CT molecular complexity index is 564. The topological polar surface area (TPSA) is 49.7 Å². The molecule has 152 valence electrons. The Labute approximate surface area is 164 Å². The molecule has 0 spiro atoms. The number of fused-ring (bicyclic) bond motifs is 10. The third kappa shape index (κ3) is 2.63. The minimum atomic E-state index is 0.412. The molecule has 0 saturated heterocycles. The summed E-state index contributed by atoms with van der Waals surface area (Å²) in [6.45, 7) is 2.82. The van der Waals surface area contributed by atoms with Crippen LogP contribution in [0.1, 0.15) is 51.4 Å². The highest BCUT2D eigenvalue weighted by Crippen LogP contribution is 2.64. The number of aliphatic hydroxyl groups excluding tert-OH is 2. The van der Waals surface area contributed by atoms with Gasteiger partial charge in [-0.3, -0.25) is 0 Å². The monoisotopic (exact) mass is 374 g/mol. The normalized spacial score (nSPS) is 57.6. The van der Waals surface area contributed by atoms with E-state index >= 15 is 0 Å². The molecule has 12 unspecified atom stereocenters. The Balaban J connectivity index is 1.02. The van der Waals surface area contributed by atoms with E-state index < -0.39 is 0 Å². The fraction of sp³-hybridized carbons (Fsp3) is 1.00. The molecule has 27 heavy (non-hydrogen) atoms. The van der Waals surface area contributed by atoms with Gasteiger partial charge in [-0.2, -0.15) is 0 Å². The Kier molecular flexibility index (Phi) is 4.40. The van der Waals surface area contributed by atoms with E-state index in [1.807, 2.05) is 0 Å². The number of hydrogen-bond donors (Lipinski definition) is 2. The van der Waals surface area contributed by atoms with Crippen LogP contribution in [-0.4, -0.2) is 36.6 Å². The van der Waals surface area contributed by atoms with E-state index in [0.717, 1.165) is 72.4 Å². The second-order valence-corrected chi connectivity index (χ2v) is 11.5. The van der Waals surface area contributed by atoms with Crippen molar-refractivity contribution in [3.63, 3.8) is 0 Å². The van der Waals surface area contributed by atoms with Crippen LogP contribution < -0.4 is 0 Å². The standard InChI is InChI=1S/C24H38O3/c25-9-13-3-20-16-6-17(21(7-16)23(20)4-13)11-27-12-18-5-15-8-22(18)24-14(10-26)1-2-19(15)24/h13-26H,1-12H2. The first-order valence-corrected chi connectivity index (χ1v) is 12.1. The number of hydrogen-bond acceptors (Lipinski definition) is 3. The molecule has 2 N–H and O–H groups in total. The van der Waals surface area contributed by atoms with Gasteiger partial charge in [-0.05, 0) is 122 Å². The Morgan fingerprint density at radius 2 is 1.30 bits per heavy atom. The zero-order valence-electron chi connectivity index (χ0n) is 16.7. The zero-order valence-corrected chi connectivity index (χ0v) is 16.7. The van der Waals surface area contributed by atoms with Gasteiger partial charge in [0.25, 0.3) is 0 Å². The van der Waals surface area contributed by atoms with Gasteiger partial charge in [0.05, 0.1) is 0 Å². The molecule has 0 aromatic rings. The maximum absolute atomic E-state index is 9.77. The van der Waals surface area contributed by atoms with Crippen molar-refractivity contribution in [3.8, 4) is 0 Å². The van der Waals surface area contributed by atoms with Crippen LogP contribution in [0.25, 0.3) is 0 Å². The van der Waals surface area contributed by atoms with E-state index in [1.165, 1.54) is 51.4 Å². The van der Waals surface area contributed by atoms with Crippen LogP contribution >= 0.6 is 0 Å². The SMILES string of the molecule is OCC1CC2C3CC(COCC4CC5CC4C4C(CO)CCC54)C(C3)C2C1. The van der Waals surface area contributed by atoms with Gasteiger partial charge in [0.1, 0.15) is 0 Å². The molecular formula is C24H38O3. The Hall–Kier alpha value is -0.120. The highest BCUT2D eigenvalue weighted by molar-refractivity contribution is 5.06. The molecule has 0 aliphatic heterocycles. The first-order chi connectivity index (χ1) is 13.3. The summed E-state index contributed by atoms with van der Waals surface area (Å²) >= 11 is 0. The summed E-state index contributed by atoms with van der Waals surface area (Å²) in [4.78, 5) is 0. The lowest BCUT2D eigenvalue weighted by molar-refractivity contribution is 0.00841. The van der Waals surface area contributed by atoms with Crippen LogP contribution in [0.5, 0.6) is 0 Å². The van der Waals surface area contributed by atoms with Crippen LogP contribution in [-0.2, 0) is 4.74 Å². The molecule has 0 aromatic heterocycles. The molecular weight excluding hydrogens is 336 g/mol. The van der Waals surface area contributed by atoms with Crippen molar-refractivity contribution in [2.24, 2.45) is 71.0 Å². The second-order valence-electron chi connectivity index (χ2n) is 11.5. The highest BCUT2D eigenvalue weighted by atomic mass is 16.5. The van der Waals surface area contributed by atoms with Gasteiger partial charge < -0.3 is 14.9 Å². The van der Waals surface area contributed by atoms with E-state index in [4.69, 9.17) is 4.74 Å². The van der Waals surface area contributed by atoms with Gasteiger partial charge in [0, 0.05) is 26.4 Å². The minimum Gasteiger partial charge on any atom is -0.396 e. The molecule has 0 aromatic carbocycles. The quantitative estimate of drug-likeness (QED) is 0.747. The smallest absolute Gasteiger partial charge is 0.0497 e. The van der Waals surface area contributed by atoms with Crippen molar-refractivity contribution in [1.82, 2.24) is 0 Å². The molecule has 4 bridgehead atoms. The first-order valence-electron chi connectivity index (χ1n) is 12.1. The van der Waals surface area contributed by atoms with Crippen LogP contribution in [0.15, 0.2) is 0 Å². The summed E-state index contributed by atoms with van der Waals surface area (Å²) in [6.07, 6.45) is 10.9. The maximum Gasteiger partial charge on any atom is 0.0497 e. The molecule has 6 saturated carbocycles. The van der Waals surface area contributed by atoms with Crippen molar-refractivity contribution < 1.29 is 14.9 Å². The maximum atomic E-state index is 9.77. The second kappa shape index (κ2) is 6.71. The average Bonchev–Trinajstić information content (AvgIpc) is 3.47. The predicted octanol–water partition coefficient (Wildman–Crippen LogP) is 3.58. The molecule has 0 radical (unpaired) electrons. The van der Waals surface area contributed by atoms with Crippen molar-refractivity contribution in [2.75, 3.05) is 26.4 Å². The summed E-state index contributed by atoms with van der Waals surface area (Å²) < 4.78 is 6.41. The third-order valence-electron chi connectivity index (χ3n) is 10.7. The molecule has 3 nitrogen and oxygen atoms in total. The van der Waals surface area contributed by atoms with E-state index in [0.29, 0.717) is 25.0 Å². The van der Waals surface area contributed by atoms with Gasteiger partial charge in [-0.25, -0.2) is 0 Å². The summed E-state index contributed by atoms with van der Waals surface area (Å²) in [6, 6.07) is 0. The first kappa shape index (κ1) is 17.7. The number of aliphatic hydroxyl groups is 2. The number of rotatable bonds is 6. The van der Waals surface area contributed by atoms with E-state index in [9.17, 15) is 10.2 Å². The zero-order chi connectivity index (χ0) is 18.1. The lowest BCUT2D eigenvalue weighted by Crippen LogP contribution is -2.33. The van der Waals surface area contributed by atoms with Crippen LogP contribution in [0.4, 0.5) is 0 Å². The fourth-order valence-corrected chi connectivity index (χ4v) is 9.82. The Morgan fingerprint density at radius 1 is 0.593 bits per heavy atom. The molecule has 12 atom stereocenters. The van der Waals surface area contributed by atoms with Crippen LogP contribution in [0.2, 0.25) is 0 Å². The number of ether oxygens (including phenoxy) is 1. The molecule has 6 aliphatic carbocycles. The van der Waals surface area contributed by atoms with Gasteiger partial charge in [0.15, 0.2) is 0 Å². The van der Waals surface area contributed by atoms with Crippen molar-refractivity contribution >= 4 is 0 Å². The van der Waals surface area contributed by atoms with Crippen LogP contribution in [0.3, 0.4) is 0 Å². The van der Waals surface area contributed by atoms with Gasteiger partial charge in [-0.1, -0.05) is 0 Å². The largest absolute Gasteiger partial charge is 0.396 e. The summed E-state index contributed by atoms with van der Waals surface area (Å²) in [5.74, 6) is 10.0. The molecule has 6 fully saturated rings. The van der Waals surface area contributed by atoms with Gasteiger partial charge >= 0.3 is 0 Å². The molecule has 6 aliphatic rings. The molecule has 6 rings (SSSR count). The lowest BCUT2D eigenvalue weighted by atomic mass is 9.73. The van der Waals surface area contributed by atoms with Crippen molar-refractivity contribution in [2.45, 2.75) is 51.4 Å². The summed E-state index contributed by atoms with van der Waals surface area (Å²) in [7, 11) is 0. The molecule has 0 amide bonds. The lowest BCUT2D eigenvalue weighted by Gasteiger charge is -2.35. The van der Waals surface area contributed by atoms with E-state index in [-0.39, 0.29) is 0 Å². The predicted molar refractivity (Wildman–Crippen MR) is 104 cm³/mol. The Morgan fingerprint density at radius 3 is 2.07 bits per heavy atom. The third-order valence-corrected chi connectivity index (χ3v) is 10.7. The van der Waals surface area contributed by atoms with E-state index in [2.05, 4.69) is 0 Å². The molecule has 3 heteroatoms. The summed E-state index contributed by atoms with van der Waals surface area (Å²) in [5, 5.41) is 19.3. The summed E-state index contributed by atoms with van der Waals surface area (Å²) in [5.41, 5.74) is 0. The van der Waals surface area contributed by atoms with Gasteiger partial charge in [-0.15, -0.1) is 0 Å².